The highest BCUT2D eigenvalue weighted by atomic mass is 16.5. The molecule has 1 aliphatic rings. The van der Waals surface area contributed by atoms with Gasteiger partial charge < -0.3 is 19.9 Å². The van der Waals surface area contributed by atoms with Crippen molar-refractivity contribution in [2.45, 2.75) is 25.0 Å². The number of hydrogen-bond donors (Lipinski definition) is 2. The molecule has 1 saturated heterocycles. The van der Waals surface area contributed by atoms with Crippen LogP contribution in [0.1, 0.15) is 24.4 Å². The van der Waals surface area contributed by atoms with Crippen LogP contribution in [0.15, 0.2) is 30.3 Å². The van der Waals surface area contributed by atoms with Gasteiger partial charge in [-0.1, -0.05) is 30.3 Å². The first-order chi connectivity index (χ1) is 10.2. The lowest BCUT2D eigenvalue weighted by atomic mass is 10.1. The van der Waals surface area contributed by atoms with Crippen LogP contribution in [0.3, 0.4) is 0 Å². The summed E-state index contributed by atoms with van der Waals surface area (Å²) in [5.41, 5.74) is 0.532. The van der Waals surface area contributed by atoms with Gasteiger partial charge >= 0.3 is 5.97 Å². The lowest BCUT2D eigenvalue weighted by molar-refractivity contribution is -0.143. The average molecular weight is 293 g/mol. The van der Waals surface area contributed by atoms with Crippen LogP contribution >= 0.6 is 0 Å². The maximum absolute atomic E-state index is 11.8. The molecular formula is C15H19NO5. The van der Waals surface area contributed by atoms with Gasteiger partial charge in [-0.05, 0) is 18.4 Å². The molecule has 1 aliphatic heterocycles. The molecular weight excluding hydrogens is 274 g/mol. The van der Waals surface area contributed by atoms with Crippen molar-refractivity contribution >= 4 is 11.9 Å². The van der Waals surface area contributed by atoms with Gasteiger partial charge in [0.1, 0.15) is 6.61 Å². The quantitative estimate of drug-likeness (QED) is 0.821. The van der Waals surface area contributed by atoms with E-state index in [9.17, 15) is 14.7 Å². The van der Waals surface area contributed by atoms with Gasteiger partial charge in [0, 0.05) is 13.2 Å². The van der Waals surface area contributed by atoms with Crippen molar-refractivity contribution in [3.63, 3.8) is 0 Å². The molecule has 1 heterocycles. The van der Waals surface area contributed by atoms with Crippen LogP contribution in [0.4, 0.5) is 0 Å². The first-order valence-corrected chi connectivity index (χ1v) is 6.93. The fraction of sp³-hybridized carbons (Fsp3) is 0.467. The number of benzene rings is 1. The summed E-state index contributed by atoms with van der Waals surface area (Å²) in [6.45, 7) is 1.13. The zero-order valence-electron chi connectivity index (χ0n) is 11.7. The summed E-state index contributed by atoms with van der Waals surface area (Å²) in [6.07, 6.45) is 1.52. The van der Waals surface area contributed by atoms with Crippen LogP contribution in [0.25, 0.3) is 0 Å². The van der Waals surface area contributed by atoms with Gasteiger partial charge in [0.15, 0.2) is 6.04 Å². The third-order valence-electron chi connectivity index (χ3n) is 3.30. The van der Waals surface area contributed by atoms with E-state index in [1.54, 1.807) is 30.3 Å². The SMILES string of the molecule is O=C(COC1CCOCC1)N[C@@H](C(=O)O)c1ccccc1. The van der Waals surface area contributed by atoms with E-state index in [0.29, 0.717) is 18.8 Å². The Hall–Kier alpha value is -1.92. The third kappa shape index (κ3) is 4.84. The molecule has 0 spiro atoms. The van der Waals surface area contributed by atoms with Crippen LogP contribution in [0.5, 0.6) is 0 Å². The lowest BCUT2D eigenvalue weighted by Crippen LogP contribution is -2.37. The van der Waals surface area contributed by atoms with E-state index >= 15 is 0 Å². The van der Waals surface area contributed by atoms with Gasteiger partial charge in [-0.25, -0.2) is 4.79 Å². The molecule has 0 saturated carbocycles. The van der Waals surface area contributed by atoms with Gasteiger partial charge in [-0.3, -0.25) is 4.79 Å². The second-order valence-corrected chi connectivity index (χ2v) is 4.87. The van der Waals surface area contributed by atoms with Gasteiger partial charge in [0.25, 0.3) is 0 Å². The number of carboxylic acid groups (broad SMARTS) is 1. The molecule has 6 nitrogen and oxygen atoms in total. The van der Waals surface area contributed by atoms with Crippen LogP contribution in [-0.2, 0) is 19.1 Å². The summed E-state index contributed by atoms with van der Waals surface area (Å²) in [6, 6.07) is 7.53. The van der Waals surface area contributed by atoms with E-state index in [1.807, 2.05) is 0 Å². The normalized spacial score (nSPS) is 17.1. The summed E-state index contributed by atoms with van der Waals surface area (Å²) >= 11 is 0. The first kappa shape index (κ1) is 15.5. The predicted molar refractivity (Wildman–Crippen MR) is 74.8 cm³/mol. The van der Waals surface area contributed by atoms with E-state index in [0.717, 1.165) is 12.8 Å². The number of aliphatic carboxylic acids is 1. The van der Waals surface area contributed by atoms with Gasteiger partial charge in [0.05, 0.1) is 6.10 Å². The Balaban J connectivity index is 1.85. The minimum absolute atomic E-state index is 0.00417. The molecule has 6 heteroatoms. The third-order valence-corrected chi connectivity index (χ3v) is 3.30. The zero-order chi connectivity index (χ0) is 15.1. The second kappa shape index (κ2) is 7.75. The van der Waals surface area contributed by atoms with E-state index in [1.165, 1.54) is 0 Å². The average Bonchev–Trinajstić information content (AvgIpc) is 2.52. The maximum atomic E-state index is 11.8. The molecule has 0 radical (unpaired) electrons. The Kier molecular flexibility index (Phi) is 5.71. The molecule has 1 atom stereocenters. The Morgan fingerprint density at radius 2 is 1.95 bits per heavy atom. The second-order valence-electron chi connectivity index (χ2n) is 4.87. The topological polar surface area (TPSA) is 84.9 Å². The van der Waals surface area contributed by atoms with Crippen molar-refractivity contribution in [2.24, 2.45) is 0 Å². The van der Waals surface area contributed by atoms with Crippen molar-refractivity contribution in [3.8, 4) is 0 Å². The van der Waals surface area contributed by atoms with Gasteiger partial charge in [0.2, 0.25) is 5.91 Å². The van der Waals surface area contributed by atoms with Crippen molar-refractivity contribution in [1.82, 2.24) is 5.32 Å². The highest BCUT2D eigenvalue weighted by molar-refractivity contribution is 5.85. The standard InChI is InChI=1S/C15H19NO5/c17-13(10-21-12-6-8-20-9-7-12)16-14(15(18)19)11-4-2-1-3-5-11/h1-5,12,14H,6-10H2,(H,16,17)(H,18,19)/t14-/m1/s1. The van der Waals surface area contributed by atoms with Crippen LogP contribution < -0.4 is 5.32 Å². The maximum Gasteiger partial charge on any atom is 0.330 e. The Bertz CT molecular complexity index is 470. The smallest absolute Gasteiger partial charge is 0.330 e. The fourth-order valence-electron chi connectivity index (χ4n) is 2.17. The van der Waals surface area contributed by atoms with Crippen molar-refractivity contribution in [1.29, 1.82) is 0 Å². The van der Waals surface area contributed by atoms with Gasteiger partial charge in [-0.15, -0.1) is 0 Å². The monoisotopic (exact) mass is 293 g/mol. The number of rotatable bonds is 6. The summed E-state index contributed by atoms with van der Waals surface area (Å²) < 4.78 is 10.7. The number of hydrogen-bond acceptors (Lipinski definition) is 4. The summed E-state index contributed by atoms with van der Waals surface area (Å²) in [4.78, 5) is 23.1. The van der Waals surface area contributed by atoms with Crippen LogP contribution in [-0.4, -0.2) is 42.9 Å². The molecule has 0 bridgehead atoms. The summed E-state index contributed by atoms with van der Waals surface area (Å²) in [5.74, 6) is -1.53. The number of carboxylic acids is 1. The fourth-order valence-corrected chi connectivity index (χ4v) is 2.17. The lowest BCUT2D eigenvalue weighted by Gasteiger charge is -2.22. The first-order valence-electron chi connectivity index (χ1n) is 6.93. The van der Waals surface area contributed by atoms with E-state index in [-0.39, 0.29) is 12.7 Å². The van der Waals surface area contributed by atoms with Crippen molar-refractivity contribution < 1.29 is 24.2 Å². The van der Waals surface area contributed by atoms with Crippen molar-refractivity contribution in [2.75, 3.05) is 19.8 Å². The molecule has 0 aromatic heterocycles. The van der Waals surface area contributed by atoms with E-state index in [4.69, 9.17) is 9.47 Å². The molecule has 1 aromatic rings. The molecule has 0 aliphatic carbocycles. The van der Waals surface area contributed by atoms with E-state index < -0.39 is 17.9 Å². The van der Waals surface area contributed by atoms with Crippen LogP contribution in [0, 0.1) is 0 Å². The number of carbonyl (C=O) groups excluding carboxylic acids is 1. The number of carbonyl (C=O) groups is 2. The summed E-state index contributed by atoms with van der Waals surface area (Å²) in [7, 11) is 0. The molecule has 114 valence electrons. The Morgan fingerprint density at radius 1 is 1.29 bits per heavy atom. The predicted octanol–water partition coefficient (Wildman–Crippen LogP) is 1.12. The molecule has 2 rings (SSSR count). The number of amides is 1. The van der Waals surface area contributed by atoms with E-state index in [2.05, 4.69) is 5.32 Å². The van der Waals surface area contributed by atoms with Crippen molar-refractivity contribution in [3.05, 3.63) is 35.9 Å². The highest BCUT2D eigenvalue weighted by Crippen LogP contribution is 2.13. The molecule has 0 unspecified atom stereocenters. The Labute approximate surface area is 123 Å². The number of ether oxygens (including phenoxy) is 2. The highest BCUT2D eigenvalue weighted by Gasteiger charge is 2.22. The zero-order valence-corrected chi connectivity index (χ0v) is 11.7. The molecule has 1 fully saturated rings. The molecule has 21 heavy (non-hydrogen) atoms. The minimum Gasteiger partial charge on any atom is -0.479 e. The van der Waals surface area contributed by atoms with Gasteiger partial charge in [-0.2, -0.15) is 0 Å². The summed E-state index contributed by atoms with van der Waals surface area (Å²) in [5, 5.41) is 11.7. The van der Waals surface area contributed by atoms with Crippen LogP contribution in [0.2, 0.25) is 0 Å². The largest absolute Gasteiger partial charge is 0.479 e. The number of nitrogens with one attached hydrogen (secondary N) is 1. The molecule has 1 aromatic carbocycles. The molecule has 2 N–H and O–H groups in total. The molecule has 1 amide bonds. The Morgan fingerprint density at radius 3 is 2.57 bits per heavy atom. The minimum atomic E-state index is -1.10.